The van der Waals surface area contributed by atoms with Crippen molar-refractivity contribution in [3.63, 3.8) is 0 Å². The molecule has 1 atom stereocenters. The number of carbonyl (C=O) groups is 2. The maximum atomic E-state index is 13.4. The lowest BCUT2D eigenvalue weighted by atomic mass is 10.1. The predicted octanol–water partition coefficient (Wildman–Crippen LogP) is 5.54. The summed E-state index contributed by atoms with van der Waals surface area (Å²) in [4.78, 5) is 30.4. The third-order valence-corrected chi connectivity index (χ3v) is 7.23. The van der Waals surface area contributed by atoms with Gasteiger partial charge in [0.2, 0.25) is 11.8 Å². The maximum Gasteiger partial charge on any atom is 0.248 e. The van der Waals surface area contributed by atoms with E-state index in [4.69, 9.17) is 4.74 Å². The first kappa shape index (κ1) is 25.9. The lowest BCUT2D eigenvalue weighted by molar-refractivity contribution is -0.125. The van der Waals surface area contributed by atoms with Crippen LogP contribution in [0, 0.1) is 18.6 Å². The van der Waals surface area contributed by atoms with E-state index in [0.29, 0.717) is 17.8 Å². The molecule has 9 heteroatoms. The topological polar surface area (TPSA) is 80.3 Å². The molecule has 1 aliphatic rings. The molecule has 36 heavy (non-hydrogen) atoms. The Morgan fingerprint density at radius 3 is 2.56 bits per heavy atom. The van der Waals surface area contributed by atoms with Crippen LogP contribution < -0.4 is 10.6 Å². The summed E-state index contributed by atoms with van der Waals surface area (Å²) in [5.74, 6) is -2.47. The van der Waals surface area contributed by atoms with Gasteiger partial charge in [-0.2, -0.15) is 0 Å². The van der Waals surface area contributed by atoms with Crippen LogP contribution in [-0.2, 0) is 27.4 Å². The van der Waals surface area contributed by atoms with Gasteiger partial charge in [0.1, 0.15) is 17.7 Å². The normalized spacial score (nSPS) is 14.6. The molecule has 2 N–H and O–H groups in total. The fraction of sp³-hybridized carbons (Fsp3) is 0.370. The number of nitrogens with one attached hydrogen (secondary N) is 2. The average molecular weight is 514 g/mol. The molecule has 3 aromatic rings. The van der Waals surface area contributed by atoms with Gasteiger partial charge in [0, 0.05) is 6.07 Å². The van der Waals surface area contributed by atoms with E-state index in [1.54, 1.807) is 0 Å². The third kappa shape index (κ3) is 6.73. The van der Waals surface area contributed by atoms with Crippen molar-refractivity contribution in [3.8, 4) is 10.4 Å². The van der Waals surface area contributed by atoms with E-state index in [1.165, 1.54) is 31.1 Å². The predicted molar refractivity (Wildman–Crippen MR) is 136 cm³/mol. The fourth-order valence-electron chi connectivity index (χ4n) is 4.30. The van der Waals surface area contributed by atoms with Gasteiger partial charge >= 0.3 is 0 Å². The highest BCUT2D eigenvalue weighted by Gasteiger charge is 2.21. The van der Waals surface area contributed by atoms with Crippen molar-refractivity contribution < 1.29 is 23.1 Å². The highest BCUT2D eigenvalue weighted by Crippen LogP contribution is 2.35. The zero-order chi connectivity index (χ0) is 25.7. The van der Waals surface area contributed by atoms with Crippen LogP contribution in [0.3, 0.4) is 0 Å². The van der Waals surface area contributed by atoms with Crippen molar-refractivity contribution in [2.24, 2.45) is 0 Å². The quantitative estimate of drug-likeness (QED) is 0.394. The van der Waals surface area contributed by atoms with Gasteiger partial charge in [-0.05, 0) is 55.5 Å². The van der Waals surface area contributed by atoms with Crippen molar-refractivity contribution in [1.29, 1.82) is 0 Å². The Morgan fingerprint density at radius 1 is 1.14 bits per heavy atom. The number of ether oxygens (including phenoxy) is 1. The monoisotopic (exact) mass is 513 g/mol. The van der Waals surface area contributed by atoms with Crippen LogP contribution in [0.1, 0.15) is 49.4 Å². The summed E-state index contributed by atoms with van der Waals surface area (Å²) in [6.45, 7) is 3.95. The highest BCUT2D eigenvalue weighted by atomic mass is 32.1. The number of anilines is 1. The molecule has 0 spiro atoms. The number of halogens is 2. The average Bonchev–Trinajstić information content (AvgIpc) is 3.46. The molecular formula is C27H29F2N3O3S. The zero-order valence-electron chi connectivity index (χ0n) is 20.3. The molecular weight excluding hydrogens is 484 g/mol. The molecule has 190 valence electrons. The van der Waals surface area contributed by atoms with E-state index in [2.05, 4.69) is 15.6 Å². The van der Waals surface area contributed by atoms with E-state index in [0.717, 1.165) is 52.7 Å². The maximum absolute atomic E-state index is 13.4. The van der Waals surface area contributed by atoms with Crippen LogP contribution in [0.15, 0.2) is 42.5 Å². The summed E-state index contributed by atoms with van der Waals surface area (Å²) in [7, 11) is 0. The number of hydrogen-bond acceptors (Lipinski definition) is 5. The van der Waals surface area contributed by atoms with Crippen molar-refractivity contribution in [1.82, 2.24) is 10.3 Å². The Morgan fingerprint density at radius 2 is 1.83 bits per heavy atom. The number of aromatic nitrogens is 1. The smallest absolute Gasteiger partial charge is 0.248 e. The Balaban J connectivity index is 1.37. The number of nitrogens with zero attached hydrogens (tertiary/aromatic N) is 1. The molecule has 2 aromatic carbocycles. The van der Waals surface area contributed by atoms with E-state index < -0.39 is 29.5 Å². The number of benzene rings is 2. The van der Waals surface area contributed by atoms with Crippen molar-refractivity contribution in [2.75, 3.05) is 5.32 Å². The molecule has 0 bridgehead atoms. The van der Waals surface area contributed by atoms with Crippen LogP contribution >= 0.6 is 11.3 Å². The first-order valence-corrected chi connectivity index (χ1v) is 12.8. The third-order valence-electron chi connectivity index (χ3n) is 6.12. The fourth-order valence-corrected chi connectivity index (χ4v) is 5.33. The second-order valence-corrected chi connectivity index (χ2v) is 10.0. The minimum Gasteiger partial charge on any atom is -0.374 e. The van der Waals surface area contributed by atoms with Crippen LogP contribution in [0.4, 0.5) is 13.9 Å². The zero-order valence-corrected chi connectivity index (χ0v) is 21.1. The van der Waals surface area contributed by atoms with E-state index in [1.807, 2.05) is 31.2 Å². The summed E-state index contributed by atoms with van der Waals surface area (Å²) < 4.78 is 32.8. The van der Waals surface area contributed by atoms with E-state index in [9.17, 15) is 18.4 Å². The van der Waals surface area contributed by atoms with E-state index in [-0.39, 0.29) is 12.0 Å². The van der Waals surface area contributed by atoms with Gasteiger partial charge in [0.05, 0.1) is 29.7 Å². The minimum atomic E-state index is -0.865. The van der Waals surface area contributed by atoms with Crippen LogP contribution in [0.5, 0.6) is 0 Å². The second kappa shape index (κ2) is 11.7. The lowest BCUT2D eigenvalue weighted by Crippen LogP contribution is -2.42. The molecule has 4 rings (SSSR count). The van der Waals surface area contributed by atoms with E-state index >= 15 is 0 Å². The Hall–Kier alpha value is -3.17. The first-order valence-electron chi connectivity index (χ1n) is 12.0. The Kier molecular flexibility index (Phi) is 8.43. The van der Waals surface area contributed by atoms with Gasteiger partial charge in [-0.3, -0.25) is 9.59 Å². The number of thiazole rings is 1. The van der Waals surface area contributed by atoms with Crippen LogP contribution in [0.2, 0.25) is 0 Å². The molecule has 0 saturated heterocycles. The minimum absolute atomic E-state index is 0.188. The molecule has 1 fully saturated rings. The van der Waals surface area contributed by atoms with Gasteiger partial charge in [-0.1, -0.05) is 48.4 Å². The number of aryl methyl sites for hydroxylation is 1. The second-order valence-electron chi connectivity index (χ2n) is 9.04. The number of rotatable bonds is 9. The summed E-state index contributed by atoms with van der Waals surface area (Å²) >= 11 is 1.36. The molecule has 1 saturated carbocycles. The summed E-state index contributed by atoms with van der Waals surface area (Å²) in [5.41, 5.74) is 3.07. The van der Waals surface area contributed by atoms with Crippen LogP contribution in [-0.4, -0.2) is 28.9 Å². The van der Waals surface area contributed by atoms with Gasteiger partial charge in [0.15, 0.2) is 5.13 Å². The highest BCUT2D eigenvalue weighted by molar-refractivity contribution is 7.19. The molecule has 0 unspecified atom stereocenters. The standard InChI is InChI=1S/C27H29F2N3O3S/c1-16-25(23-10-6-3-7-19(23)15-35-22-8-4-5-9-22)36-27(31-16)32-26(34)17(2)30-24(33)13-18-11-20(28)14-21(29)12-18/h3,6-7,10-12,14,17,22H,4-5,8-9,13,15H2,1-2H3,(H,30,33)(H,31,32,34)/t17-/m0/s1. The molecule has 1 heterocycles. The summed E-state index contributed by atoms with van der Waals surface area (Å²) in [6, 6.07) is 10.1. The molecule has 1 aliphatic carbocycles. The molecule has 0 aliphatic heterocycles. The summed E-state index contributed by atoms with van der Waals surface area (Å²) in [6.07, 6.45) is 4.70. The Labute approximate surface area is 213 Å². The lowest BCUT2D eigenvalue weighted by Gasteiger charge is -2.14. The molecule has 6 nitrogen and oxygen atoms in total. The summed E-state index contributed by atoms with van der Waals surface area (Å²) in [5, 5.41) is 5.74. The van der Waals surface area contributed by atoms with Crippen molar-refractivity contribution in [3.05, 3.63) is 70.9 Å². The Bertz CT molecular complexity index is 1220. The SMILES string of the molecule is Cc1nc(NC(=O)[C@H](C)NC(=O)Cc2cc(F)cc(F)c2)sc1-c1ccccc1COC1CCCC1. The van der Waals surface area contributed by atoms with Crippen LogP contribution in [0.25, 0.3) is 10.4 Å². The number of amides is 2. The molecule has 1 aromatic heterocycles. The van der Waals surface area contributed by atoms with Gasteiger partial charge in [0.25, 0.3) is 0 Å². The number of carbonyl (C=O) groups excluding carboxylic acids is 2. The largest absolute Gasteiger partial charge is 0.374 e. The van der Waals surface area contributed by atoms with Gasteiger partial charge in [-0.25, -0.2) is 13.8 Å². The van der Waals surface area contributed by atoms with Gasteiger partial charge < -0.3 is 15.4 Å². The number of hydrogen-bond donors (Lipinski definition) is 2. The van der Waals surface area contributed by atoms with Crippen molar-refractivity contribution in [2.45, 2.75) is 64.7 Å². The first-order chi connectivity index (χ1) is 17.3. The van der Waals surface area contributed by atoms with Gasteiger partial charge in [-0.15, -0.1) is 0 Å². The molecule has 2 amide bonds. The van der Waals surface area contributed by atoms with Crippen molar-refractivity contribution >= 4 is 28.3 Å². The molecule has 0 radical (unpaired) electrons.